The van der Waals surface area contributed by atoms with E-state index < -0.39 is 5.97 Å². The van der Waals surface area contributed by atoms with Crippen molar-refractivity contribution in [3.05, 3.63) is 35.4 Å². The molecule has 0 aromatic heterocycles. The van der Waals surface area contributed by atoms with E-state index >= 15 is 0 Å². The minimum atomic E-state index is -1.11. The van der Waals surface area contributed by atoms with Crippen LogP contribution in [0.3, 0.4) is 0 Å². The van der Waals surface area contributed by atoms with Gasteiger partial charge < -0.3 is 10.2 Å². The Morgan fingerprint density at radius 3 is 2.57 bits per heavy atom. The van der Waals surface area contributed by atoms with Crippen LogP contribution in [0.2, 0.25) is 0 Å². The summed E-state index contributed by atoms with van der Waals surface area (Å²) in [7, 11) is 0. The molecule has 0 fully saturated rings. The molecular weight excluding hydrogens is 184 g/mol. The lowest BCUT2D eigenvalue weighted by atomic mass is 10.1. The summed E-state index contributed by atoms with van der Waals surface area (Å²) < 4.78 is 0. The van der Waals surface area contributed by atoms with E-state index in [-0.39, 0.29) is 11.3 Å². The van der Waals surface area contributed by atoms with E-state index in [4.69, 9.17) is 5.11 Å². The molecule has 1 rings (SSSR count). The van der Waals surface area contributed by atoms with Crippen LogP contribution >= 0.6 is 0 Å². The van der Waals surface area contributed by atoms with Crippen LogP contribution in [0, 0.1) is 0 Å². The Balaban J connectivity index is 3.07. The molecule has 72 valence electrons. The monoisotopic (exact) mass is 192 g/mol. The highest BCUT2D eigenvalue weighted by Gasteiger charge is 2.05. The molecule has 4 nitrogen and oxygen atoms in total. The Labute approximate surface area is 80.1 Å². The van der Waals surface area contributed by atoms with Gasteiger partial charge in [-0.2, -0.15) is 0 Å². The molecule has 0 bridgehead atoms. The number of hydrogen-bond acceptors (Lipinski definition) is 3. The van der Waals surface area contributed by atoms with Crippen molar-refractivity contribution >= 4 is 18.3 Å². The van der Waals surface area contributed by atoms with Gasteiger partial charge in [0.2, 0.25) is 0 Å². The second kappa shape index (κ2) is 4.23. The van der Waals surface area contributed by atoms with Gasteiger partial charge >= 0.3 is 5.97 Å². The van der Waals surface area contributed by atoms with Gasteiger partial charge in [0.1, 0.15) is 12.0 Å². The number of hydrogen-bond donors (Lipinski definition) is 2. The first kappa shape index (κ1) is 9.98. The number of carbonyl (C=O) groups is 2. The smallest absolute Gasteiger partial charge is 0.335 e. The third kappa shape index (κ3) is 2.20. The van der Waals surface area contributed by atoms with Crippen LogP contribution < -0.4 is 0 Å². The number of phenolic OH excluding ortho intramolecular Hbond substituents is 1. The molecule has 0 aliphatic carbocycles. The van der Waals surface area contributed by atoms with Gasteiger partial charge in [-0.15, -0.1) is 0 Å². The van der Waals surface area contributed by atoms with Crippen molar-refractivity contribution in [3.63, 3.8) is 0 Å². The fraction of sp³-hybridized carbons (Fsp3) is 0. The van der Waals surface area contributed by atoms with Crippen molar-refractivity contribution in [3.8, 4) is 5.75 Å². The topological polar surface area (TPSA) is 74.6 Å². The number of carboxylic acid groups (broad SMARTS) is 1. The van der Waals surface area contributed by atoms with Gasteiger partial charge in [-0.3, -0.25) is 4.79 Å². The molecule has 0 aliphatic rings. The predicted molar refractivity (Wildman–Crippen MR) is 50.2 cm³/mol. The average molecular weight is 192 g/mol. The van der Waals surface area contributed by atoms with Gasteiger partial charge in [0.05, 0.1) is 5.56 Å². The van der Waals surface area contributed by atoms with Crippen molar-refractivity contribution in [2.45, 2.75) is 0 Å². The minimum absolute atomic E-state index is 0.00533. The zero-order valence-corrected chi connectivity index (χ0v) is 7.18. The molecule has 1 aromatic rings. The molecule has 0 saturated carbocycles. The van der Waals surface area contributed by atoms with Crippen LogP contribution in [0.4, 0.5) is 0 Å². The molecule has 0 radical (unpaired) electrons. The van der Waals surface area contributed by atoms with E-state index in [1.165, 1.54) is 24.3 Å². The van der Waals surface area contributed by atoms with Gasteiger partial charge in [0, 0.05) is 5.56 Å². The number of aromatic carboxylic acids is 1. The summed E-state index contributed by atoms with van der Waals surface area (Å²) in [4.78, 5) is 20.5. The molecule has 2 N–H and O–H groups in total. The SMILES string of the molecule is O=C/C=C/c1ccc(C(=O)O)cc1O. The highest BCUT2D eigenvalue weighted by atomic mass is 16.4. The number of benzene rings is 1. The molecule has 0 atom stereocenters. The summed E-state index contributed by atoms with van der Waals surface area (Å²) in [6, 6.07) is 3.91. The number of aldehydes is 1. The summed E-state index contributed by atoms with van der Waals surface area (Å²) in [5, 5.41) is 17.9. The van der Waals surface area contributed by atoms with Crippen molar-refractivity contribution in [1.82, 2.24) is 0 Å². The zero-order valence-electron chi connectivity index (χ0n) is 7.18. The largest absolute Gasteiger partial charge is 0.507 e. The van der Waals surface area contributed by atoms with Gasteiger partial charge in [-0.1, -0.05) is 6.07 Å². The maximum absolute atomic E-state index is 10.5. The number of carboxylic acids is 1. The maximum atomic E-state index is 10.5. The summed E-state index contributed by atoms with van der Waals surface area (Å²) in [6.45, 7) is 0. The molecule has 0 saturated heterocycles. The number of phenols is 1. The van der Waals surface area contributed by atoms with Gasteiger partial charge in [-0.25, -0.2) is 4.79 Å². The lowest BCUT2D eigenvalue weighted by Gasteiger charge is -1.99. The molecule has 14 heavy (non-hydrogen) atoms. The van der Waals surface area contributed by atoms with Crippen molar-refractivity contribution < 1.29 is 19.8 Å². The van der Waals surface area contributed by atoms with Crippen molar-refractivity contribution in [2.75, 3.05) is 0 Å². The van der Waals surface area contributed by atoms with Gasteiger partial charge in [-0.05, 0) is 24.3 Å². The Morgan fingerprint density at radius 2 is 2.07 bits per heavy atom. The number of rotatable bonds is 3. The number of aromatic hydroxyl groups is 1. The highest BCUT2D eigenvalue weighted by Crippen LogP contribution is 2.19. The summed E-state index contributed by atoms with van der Waals surface area (Å²) in [6.07, 6.45) is 3.19. The molecule has 0 aliphatic heterocycles. The maximum Gasteiger partial charge on any atom is 0.335 e. The second-order valence-corrected chi connectivity index (χ2v) is 2.57. The lowest BCUT2D eigenvalue weighted by Crippen LogP contribution is -1.95. The van der Waals surface area contributed by atoms with Crippen LogP contribution in [0.1, 0.15) is 15.9 Å². The van der Waals surface area contributed by atoms with E-state index in [0.717, 1.165) is 6.07 Å². The van der Waals surface area contributed by atoms with Crippen molar-refractivity contribution in [1.29, 1.82) is 0 Å². The Morgan fingerprint density at radius 1 is 1.36 bits per heavy atom. The first-order valence-corrected chi connectivity index (χ1v) is 3.83. The molecule has 0 heterocycles. The number of carbonyl (C=O) groups excluding carboxylic acids is 1. The van der Waals surface area contributed by atoms with Crippen LogP contribution in [0.15, 0.2) is 24.3 Å². The van der Waals surface area contributed by atoms with Gasteiger partial charge in [0.25, 0.3) is 0 Å². The van der Waals surface area contributed by atoms with E-state index in [1.807, 2.05) is 0 Å². The molecular formula is C10H8O4. The van der Waals surface area contributed by atoms with E-state index in [0.29, 0.717) is 11.8 Å². The molecule has 0 amide bonds. The fourth-order valence-electron chi connectivity index (χ4n) is 0.961. The Bertz CT molecular complexity index is 393. The van der Waals surface area contributed by atoms with Crippen LogP contribution in [0.5, 0.6) is 5.75 Å². The van der Waals surface area contributed by atoms with Crippen LogP contribution in [-0.2, 0) is 4.79 Å². The standard InChI is InChI=1S/C10H8O4/c11-5-1-2-7-3-4-8(10(13)14)6-9(7)12/h1-6,12H,(H,13,14)/b2-1+. The third-order valence-electron chi connectivity index (χ3n) is 1.63. The highest BCUT2D eigenvalue weighted by molar-refractivity contribution is 5.89. The number of allylic oxidation sites excluding steroid dienone is 1. The quantitative estimate of drug-likeness (QED) is 0.559. The van der Waals surface area contributed by atoms with E-state index in [1.54, 1.807) is 0 Å². The minimum Gasteiger partial charge on any atom is -0.507 e. The second-order valence-electron chi connectivity index (χ2n) is 2.57. The molecule has 4 heteroatoms. The third-order valence-corrected chi connectivity index (χ3v) is 1.63. The predicted octanol–water partition coefficient (Wildman–Crippen LogP) is 1.30. The first-order valence-electron chi connectivity index (χ1n) is 3.83. The Kier molecular flexibility index (Phi) is 3.01. The van der Waals surface area contributed by atoms with Crippen LogP contribution in [0.25, 0.3) is 6.08 Å². The summed E-state index contributed by atoms with van der Waals surface area (Å²) in [5.41, 5.74) is 0.410. The first-order chi connectivity index (χ1) is 6.65. The van der Waals surface area contributed by atoms with Gasteiger partial charge in [0.15, 0.2) is 0 Å². The molecule has 0 spiro atoms. The fourth-order valence-corrected chi connectivity index (χ4v) is 0.961. The average Bonchev–Trinajstić information content (AvgIpc) is 2.15. The van der Waals surface area contributed by atoms with Crippen molar-refractivity contribution in [2.24, 2.45) is 0 Å². The normalized spacial score (nSPS) is 10.3. The summed E-state index contributed by atoms with van der Waals surface area (Å²) >= 11 is 0. The molecule has 0 unspecified atom stereocenters. The zero-order chi connectivity index (χ0) is 10.6. The molecule has 1 aromatic carbocycles. The lowest BCUT2D eigenvalue weighted by molar-refractivity contribution is -0.104. The van der Waals surface area contributed by atoms with Crippen LogP contribution in [-0.4, -0.2) is 22.5 Å². The van der Waals surface area contributed by atoms with E-state index in [9.17, 15) is 14.7 Å². The summed E-state index contributed by atoms with van der Waals surface area (Å²) in [5.74, 6) is -1.27. The Hall–Kier alpha value is -2.10. The van der Waals surface area contributed by atoms with E-state index in [2.05, 4.69) is 0 Å².